The molecule has 5 heteroatoms. The SMILES string of the molecule is CC(N)CCC(=O)Nc1ccc(/C=C/C(=O)O)cc1. The molecular formula is C14H18N2O3. The van der Waals surface area contributed by atoms with Crippen molar-refractivity contribution in [1.29, 1.82) is 0 Å². The number of aliphatic carboxylic acids is 1. The topological polar surface area (TPSA) is 92.4 Å². The normalized spacial score (nSPS) is 12.3. The van der Waals surface area contributed by atoms with E-state index in [-0.39, 0.29) is 11.9 Å². The minimum Gasteiger partial charge on any atom is -0.478 e. The van der Waals surface area contributed by atoms with Gasteiger partial charge < -0.3 is 16.2 Å². The summed E-state index contributed by atoms with van der Waals surface area (Å²) in [4.78, 5) is 21.9. The van der Waals surface area contributed by atoms with Crippen molar-refractivity contribution in [3.05, 3.63) is 35.9 Å². The zero-order valence-electron chi connectivity index (χ0n) is 10.8. The molecule has 1 rings (SSSR count). The molecule has 1 atom stereocenters. The predicted octanol–water partition coefficient (Wildman–Crippen LogP) is 1.85. The zero-order valence-corrected chi connectivity index (χ0v) is 10.8. The molecule has 0 aromatic heterocycles. The van der Waals surface area contributed by atoms with Crippen LogP contribution in [0.15, 0.2) is 30.3 Å². The van der Waals surface area contributed by atoms with Gasteiger partial charge in [0.2, 0.25) is 5.91 Å². The largest absolute Gasteiger partial charge is 0.478 e. The molecule has 4 N–H and O–H groups in total. The van der Waals surface area contributed by atoms with Crippen LogP contribution in [-0.4, -0.2) is 23.0 Å². The first-order valence-electron chi connectivity index (χ1n) is 6.04. The summed E-state index contributed by atoms with van der Waals surface area (Å²) in [7, 11) is 0. The maximum atomic E-state index is 11.6. The lowest BCUT2D eigenvalue weighted by molar-refractivity contribution is -0.131. The van der Waals surface area contributed by atoms with E-state index in [1.165, 1.54) is 6.08 Å². The highest BCUT2D eigenvalue weighted by molar-refractivity contribution is 5.91. The van der Waals surface area contributed by atoms with E-state index in [0.29, 0.717) is 18.5 Å². The fourth-order valence-corrected chi connectivity index (χ4v) is 1.43. The van der Waals surface area contributed by atoms with E-state index in [2.05, 4.69) is 5.32 Å². The lowest BCUT2D eigenvalue weighted by Gasteiger charge is -2.07. The summed E-state index contributed by atoms with van der Waals surface area (Å²) in [5.74, 6) is -1.07. The molecule has 0 spiro atoms. The number of amides is 1. The van der Waals surface area contributed by atoms with Gasteiger partial charge in [0, 0.05) is 24.2 Å². The molecule has 0 saturated heterocycles. The minimum atomic E-state index is -0.992. The highest BCUT2D eigenvalue weighted by atomic mass is 16.4. The molecule has 0 fully saturated rings. The number of anilines is 1. The number of carbonyl (C=O) groups is 2. The first kappa shape index (κ1) is 14.9. The standard InChI is InChI=1S/C14H18N2O3/c1-10(15)2-8-13(17)16-12-6-3-11(4-7-12)5-9-14(18)19/h3-7,9-10H,2,8,15H2,1H3,(H,16,17)(H,18,19)/b9-5+. The maximum Gasteiger partial charge on any atom is 0.328 e. The van der Waals surface area contributed by atoms with Gasteiger partial charge in [-0.15, -0.1) is 0 Å². The number of rotatable bonds is 6. The van der Waals surface area contributed by atoms with E-state index >= 15 is 0 Å². The molecule has 19 heavy (non-hydrogen) atoms. The average molecular weight is 262 g/mol. The Morgan fingerprint density at radius 2 is 2.00 bits per heavy atom. The van der Waals surface area contributed by atoms with Crippen molar-refractivity contribution in [1.82, 2.24) is 0 Å². The third kappa shape index (κ3) is 6.38. The van der Waals surface area contributed by atoms with Crippen LogP contribution in [-0.2, 0) is 9.59 Å². The van der Waals surface area contributed by atoms with Crippen LogP contribution in [0.3, 0.4) is 0 Å². The van der Waals surface area contributed by atoms with E-state index in [4.69, 9.17) is 10.8 Å². The monoisotopic (exact) mass is 262 g/mol. The zero-order chi connectivity index (χ0) is 14.3. The number of nitrogens with two attached hydrogens (primary N) is 1. The fourth-order valence-electron chi connectivity index (χ4n) is 1.43. The second-order valence-corrected chi connectivity index (χ2v) is 4.36. The van der Waals surface area contributed by atoms with Gasteiger partial charge in [0.05, 0.1) is 0 Å². The van der Waals surface area contributed by atoms with Gasteiger partial charge in [0.25, 0.3) is 0 Å². The van der Waals surface area contributed by atoms with Crippen LogP contribution in [0.25, 0.3) is 6.08 Å². The Morgan fingerprint density at radius 3 is 2.53 bits per heavy atom. The van der Waals surface area contributed by atoms with Gasteiger partial charge in [-0.05, 0) is 37.1 Å². The molecule has 5 nitrogen and oxygen atoms in total. The summed E-state index contributed by atoms with van der Waals surface area (Å²) in [5.41, 5.74) is 7.02. The summed E-state index contributed by atoms with van der Waals surface area (Å²) in [6, 6.07) is 6.94. The smallest absolute Gasteiger partial charge is 0.328 e. The van der Waals surface area contributed by atoms with E-state index < -0.39 is 5.97 Å². The van der Waals surface area contributed by atoms with E-state index in [1.807, 2.05) is 6.92 Å². The van der Waals surface area contributed by atoms with Crippen LogP contribution < -0.4 is 11.1 Å². The van der Waals surface area contributed by atoms with Gasteiger partial charge in [0.15, 0.2) is 0 Å². The Balaban J connectivity index is 2.52. The molecule has 1 unspecified atom stereocenters. The highest BCUT2D eigenvalue weighted by Gasteiger charge is 2.03. The molecular weight excluding hydrogens is 244 g/mol. The number of carbonyl (C=O) groups excluding carboxylic acids is 1. The van der Waals surface area contributed by atoms with Gasteiger partial charge in [-0.25, -0.2) is 4.79 Å². The Bertz CT molecular complexity index is 464. The molecule has 0 radical (unpaired) electrons. The molecule has 0 saturated carbocycles. The maximum absolute atomic E-state index is 11.6. The Labute approximate surface area is 112 Å². The summed E-state index contributed by atoms with van der Waals surface area (Å²) in [6.45, 7) is 1.86. The van der Waals surface area contributed by atoms with Crippen molar-refractivity contribution in [2.24, 2.45) is 5.73 Å². The van der Waals surface area contributed by atoms with Gasteiger partial charge in [0.1, 0.15) is 0 Å². The number of carboxylic acid groups (broad SMARTS) is 1. The second kappa shape index (κ2) is 7.33. The van der Waals surface area contributed by atoms with Crippen LogP contribution in [0.5, 0.6) is 0 Å². The van der Waals surface area contributed by atoms with E-state index in [1.54, 1.807) is 24.3 Å². The minimum absolute atomic E-state index is 0.00859. The summed E-state index contributed by atoms with van der Waals surface area (Å²) < 4.78 is 0. The molecule has 0 bridgehead atoms. The number of nitrogens with one attached hydrogen (secondary N) is 1. The Hall–Kier alpha value is -2.14. The van der Waals surface area contributed by atoms with Crippen LogP contribution in [0.1, 0.15) is 25.3 Å². The lowest BCUT2D eigenvalue weighted by Crippen LogP contribution is -2.19. The van der Waals surface area contributed by atoms with Crippen molar-refractivity contribution in [2.75, 3.05) is 5.32 Å². The van der Waals surface area contributed by atoms with Crippen LogP contribution in [0.4, 0.5) is 5.69 Å². The van der Waals surface area contributed by atoms with Crippen LogP contribution >= 0.6 is 0 Å². The summed E-state index contributed by atoms with van der Waals surface area (Å²) in [6.07, 6.45) is 3.59. The molecule has 0 aliphatic rings. The van der Waals surface area contributed by atoms with Gasteiger partial charge in [-0.3, -0.25) is 4.79 Å². The second-order valence-electron chi connectivity index (χ2n) is 4.36. The van der Waals surface area contributed by atoms with E-state index in [9.17, 15) is 9.59 Å². The van der Waals surface area contributed by atoms with Gasteiger partial charge in [-0.2, -0.15) is 0 Å². The molecule has 1 aromatic rings. The fraction of sp³-hybridized carbons (Fsp3) is 0.286. The number of hydrogen-bond acceptors (Lipinski definition) is 3. The Morgan fingerprint density at radius 1 is 1.37 bits per heavy atom. The van der Waals surface area contributed by atoms with E-state index in [0.717, 1.165) is 11.6 Å². The molecule has 0 aliphatic heterocycles. The highest BCUT2D eigenvalue weighted by Crippen LogP contribution is 2.11. The van der Waals surface area contributed by atoms with Crippen molar-refractivity contribution < 1.29 is 14.7 Å². The predicted molar refractivity (Wildman–Crippen MR) is 74.6 cm³/mol. The third-order valence-electron chi connectivity index (χ3n) is 2.44. The average Bonchev–Trinajstić information content (AvgIpc) is 2.35. The number of benzene rings is 1. The van der Waals surface area contributed by atoms with Gasteiger partial charge >= 0.3 is 5.97 Å². The summed E-state index contributed by atoms with van der Waals surface area (Å²) in [5, 5.41) is 11.3. The molecule has 0 aliphatic carbocycles. The van der Waals surface area contributed by atoms with Crippen molar-refractivity contribution in [3.8, 4) is 0 Å². The third-order valence-corrected chi connectivity index (χ3v) is 2.44. The first-order chi connectivity index (χ1) is 8.97. The molecule has 0 heterocycles. The van der Waals surface area contributed by atoms with Gasteiger partial charge in [-0.1, -0.05) is 12.1 Å². The quantitative estimate of drug-likeness (QED) is 0.682. The molecule has 1 aromatic carbocycles. The van der Waals surface area contributed by atoms with Crippen molar-refractivity contribution >= 4 is 23.6 Å². The lowest BCUT2D eigenvalue weighted by atomic mass is 10.1. The van der Waals surface area contributed by atoms with Crippen molar-refractivity contribution in [2.45, 2.75) is 25.8 Å². The van der Waals surface area contributed by atoms with Crippen LogP contribution in [0, 0.1) is 0 Å². The number of carboxylic acids is 1. The first-order valence-corrected chi connectivity index (χ1v) is 6.04. The molecule has 102 valence electrons. The number of hydrogen-bond donors (Lipinski definition) is 3. The molecule has 1 amide bonds. The van der Waals surface area contributed by atoms with Crippen molar-refractivity contribution in [3.63, 3.8) is 0 Å². The summed E-state index contributed by atoms with van der Waals surface area (Å²) >= 11 is 0. The Kier molecular flexibility index (Phi) is 5.75. The van der Waals surface area contributed by atoms with Crippen LogP contribution in [0.2, 0.25) is 0 Å².